The first-order valence-corrected chi connectivity index (χ1v) is 12.9. The smallest absolute Gasteiger partial charge is 0.144 e. The standard InChI is InChI=1S/C32H36N2O/c1-8-32(6,7)26-15-10-9-12-24(26)31-33-18-19-34(31)29-22(20(2)3)16-17-27-28(29)25-14-11-13-23(21(4)5)30(25)35-27/h9-21H,8H2,1-7H3. The maximum absolute atomic E-state index is 6.53. The van der Waals surface area contributed by atoms with Gasteiger partial charge in [-0.25, -0.2) is 4.98 Å². The molecule has 0 saturated carbocycles. The largest absolute Gasteiger partial charge is 0.456 e. The van der Waals surface area contributed by atoms with Crippen LogP contribution in [0.2, 0.25) is 0 Å². The van der Waals surface area contributed by atoms with Crippen molar-refractivity contribution >= 4 is 21.9 Å². The van der Waals surface area contributed by atoms with E-state index in [0.29, 0.717) is 11.8 Å². The molecule has 0 bridgehead atoms. The monoisotopic (exact) mass is 464 g/mol. The molecule has 2 aromatic heterocycles. The van der Waals surface area contributed by atoms with Crippen molar-refractivity contribution in [3.05, 3.63) is 83.7 Å². The maximum Gasteiger partial charge on any atom is 0.144 e. The first kappa shape index (κ1) is 23.4. The maximum atomic E-state index is 6.53. The Morgan fingerprint density at radius 3 is 2.34 bits per heavy atom. The normalized spacial score (nSPS) is 12.5. The van der Waals surface area contributed by atoms with Gasteiger partial charge in [-0.15, -0.1) is 0 Å². The summed E-state index contributed by atoms with van der Waals surface area (Å²) in [5.74, 6) is 1.72. The third kappa shape index (κ3) is 3.78. The van der Waals surface area contributed by atoms with Crippen molar-refractivity contribution in [2.24, 2.45) is 0 Å². The molecule has 0 aliphatic rings. The summed E-state index contributed by atoms with van der Waals surface area (Å²) in [7, 11) is 0. The minimum absolute atomic E-state index is 0.0504. The van der Waals surface area contributed by atoms with Gasteiger partial charge in [0.1, 0.15) is 17.0 Å². The van der Waals surface area contributed by atoms with Gasteiger partial charge in [-0.3, -0.25) is 4.57 Å². The first-order valence-electron chi connectivity index (χ1n) is 12.9. The van der Waals surface area contributed by atoms with Gasteiger partial charge in [0.15, 0.2) is 0 Å². The quantitative estimate of drug-likeness (QED) is 0.250. The number of furan rings is 1. The zero-order valence-electron chi connectivity index (χ0n) is 22.0. The average Bonchev–Trinajstić information content (AvgIpc) is 3.48. The van der Waals surface area contributed by atoms with Gasteiger partial charge in [-0.05, 0) is 46.4 Å². The zero-order chi connectivity index (χ0) is 24.9. The van der Waals surface area contributed by atoms with Gasteiger partial charge in [0.05, 0.1) is 11.1 Å². The van der Waals surface area contributed by atoms with Crippen molar-refractivity contribution in [1.82, 2.24) is 9.55 Å². The van der Waals surface area contributed by atoms with E-state index in [0.717, 1.165) is 23.4 Å². The highest BCUT2D eigenvalue weighted by molar-refractivity contribution is 6.11. The number of hydrogen-bond donors (Lipinski definition) is 0. The van der Waals surface area contributed by atoms with Crippen LogP contribution in [0.1, 0.15) is 83.4 Å². The molecule has 3 nitrogen and oxygen atoms in total. The fraction of sp³-hybridized carbons (Fsp3) is 0.344. The molecule has 0 N–H and O–H groups in total. The number of hydrogen-bond acceptors (Lipinski definition) is 2. The number of fused-ring (bicyclic) bond motifs is 3. The summed E-state index contributed by atoms with van der Waals surface area (Å²) in [5.41, 5.74) is 8.20. The van der Waals surface area contributed by atoms with Crippen LogP contribution < -0.4 is 0 Å². The van der Waals surface area contributed by atoms with Crippen LogP contribution in [-0.4, -0.2) is 9.55 Å². The number of benzene rings is 3. The van der Waals surface area contributed by atoms with Gasteiger partial charge < -0.3 is 4.42 Å². The molecule has 35 heavy (non-hydrogen) atoms. The van der Waals surface area contributed by atoms with Crippen LogP contribution in [-0.2, 0) is 5.41 Å². The summed E-state index contributed by atoms with van der Waals surface area (Å²) in [6.07, 6.45) is 5.09. The van der Waals surface area contributed by atoms with Gasteiger partial charge in [-0.1, -0.05) is 97.0 Å². The molecular weight excluding hydrogens is 428 g/mol. The van der Waals surface area contributed by atoms with Crippen molar-refractivity contribution < 1.29 is 4.42 Å². The fourth-order valence-corrected chi connectivity index (χ4v) is 5.23. The molecule has 0 radical (unpaired) electrons. The van der Waals surface area contributed by atoms with Crippen LogP contribution in [0.15, 0.2) is 71.4 Å². The molecule has 3 aromatic carbocycles. The number of para-hydroxylation sites is 1. The average molecular weight is 465 g/mol. The zero-order valence-corrected chi connectivity index (χ0v) is 22.0. The third-order valence-corrected chi connectivity index (χ3v) is 7.60. The molecular formula is C32H36N2O. The Morgan fingerprint density at radius 1 is 0.886 bits per heavy atom. The lowest BCUT2D eigenvalue weighted by molar-refractivity contribution is 0.507. The van der Waals surface area contributed by atoms with Crippen molar-refractivity contribution in [3.8, 4) is 17.1 Å². The third-order valence-electron chi connectivity index (χ3n) is 7.60. The molecule has 0 atom stereocenters. The van der Waals surface area contributed by atoms with Crippen LogP contribution in [0, 0.1) is 0 Å². The molecule has 0 aliphatic heterocycles. The van der Waals surface area contributed by atoms with Crippen molar-refractivity contribution in [2.75, 3.05) is 0 Å². The summed E-state index contributed by atoms with van der Waals surface area (Å²) in [6.45, 7) is 15.9. The van der Waals surface area contributed by atoms with Gasteiger partial charge in [-0.2, -0.15) is 0 Å². The lowest BCUT2D eigenvalue weighted by Gasteiger charge is -2.27. The Hall–Kier alpha value is -3.33. The Bertz CT molecular complexity index is 1510. The Morgan fingerprint density at radius 2 is 1.63 bits per heavy atom. The molecule has 0 amide bonds. The van der Waals surface area contributed by atoms with Gasteiger partial charge in [0, 0.05) is 23.3 Å². The second-order valence-electron chi connectivity index (χ2n) is 10.9. The van der Waals surface area contributed by atoms with Crippen molar-refractivity contribution in [1.29, 1.82) is 0 Å². The molecule has 180 valence electrons. The number of nitrogens with zero attached hydrogens (tertiary/aromatic N) is 2. The Kier molecular flexibility index (Phi) is 5.83. The summed E-state index contributed by atoms with van der Waals surface area (Å²) >= 11 is 0. The number of imidazole rings is 1. The summed E-state index contributed by atoms with van der Waals surface area (Å²) in [5, 5.41) is 2.34. The summed E-state index contributed by atoms with van der Waals surface area (Å²) < 4.78 is 8.82. The topological polar surface area (TPSA) is 31.0 Å². The van der Waals surface area contributed by atoms with Crippen LogP contribution in [0.3, 0.4) is 0 Å². The van der Waals surface area contributed by atoms with E-state index in [2.05, 4.69) is 114 Å². The van der Waals surface area contributed by atoms with Crippen LogP contribution in [0.5, 0.6) is 0 Å². The molecule has 0 aliphatic carbocycles. The van der Waals surface area contributed by atoms with E-state index < -0.39 is 0 Å². The molecule has 0 unspecified atom stereocenters. The van der Waals surface area contributed by atoms with E-state index in [-0.39, 0.29) is 5.41 Å². The predicted octanol–water partition coefficient (Wildman–Crippen LogP) is 9.37. The van der Waals surface area contributed by atoms with Gasteiger partial charge in [0.25, 0.3) is 0 Å². The van der Waals surface area contributed by atoms with E-state index in [1.165, 1.54) is 38.7 Å². The molecule has 3 heteroatoms. The minimum Gasteiger partial charge on any atom is -0.456 e. The fourth-order valence-electron chi connectivity index (χ4n) is 5.23. The lowest BCUT2D eigenvalue weighted by atomic mass is 9.79. The van der Waals surface area contributed by atoms with E-state index >= 15 is 0 Å². The van der Waals surface area contributed by atoms with Crippen molar-refractivity contribution in [3.63, 3.8) is 0 Å². The van der Waals surface area contributed by atoms with E-state index in [9.17, 15) is 0 Å². The van der Waals surface area contributed by atoms with Gasteiger partial charge in [0.2, 0.25) is 0 Å². The number of aromatic nitrogens is 2. The highest BCUT2D eigenvalue weighted by Gasteiger charge is 2.26. The summed E-state index contributed by atoms with van der Waals surface area (Å²) in [6, 6.07) is 19.6. The Labute approximate surface area is 208 Å². The lowest BCUT2D eigenvalue weighted by Crippen LogP contribution is -2.17. The Balaban J connectivity index is 1.87. The van der Waals surface area contributed by atoms with E-state index in [1.54, 1.807) is 0 Å². The van der Waals surface area contributed by atoms with Crippen molar-refractivity contribution in [2.45, 2.75) is 72.1 Å². The predicted molar refractivity (Wildman–Crippen MR) is 148 cm³/mol. The molecule has 2 heterocycles. The van der Waals surface area contributed by atoms with Gasteiger partial charge >= 0.3 is 0 Å². The number of rotatable bonds is 6. The van der Waals surface area contributed by atoms with Crippen LogP contribution >= 0.6 is 0 Å². The van der Waals surface area contributed by atoms with Crippen LogP contribution in [0.25, 0.3) is 39.0 Å². The SMILES string of the molecule is CCC(C)(C)c1ccccc1-c1nccn1-c1c(C(C)C)ccc2oc3c(C(C)C)cccc3c12. The summed E-state index contributed by atoms with van der Waals surface area (Å²) in [4.78, 5) is 4.92. The highest BCUT2D eigenvalue weighted by atomic mass is 16.3. The second kappa shape index (κ2) is 8.71. The molecule has 5 rings (SSSR count). The minimum atomic E-state index is 0.0504. The highest BCUT2D eigenvalue weighted by Crippen LogP contribution is 2.42. The van der Waals surface area contributed by atoms with Crippen LogP contribution in [0.4, 0.5) is 0 Å². The first-order chi connectivity index (χ1) is 16.7. The second-order valence-corrected chi connectivity index (χ2v) is 10.9. The molecule has 0 spiro atoms. The molecule has 5 aromatic rings. The molecule has 0 fully saturated rings. The van der Waals surface area contributed by atoms with E-state index in [1.807, 2.05) is 6.20 Å². The van der Waals surface area contributed by atoms with E-state index in [4.69, 9.17) is 9.40 Å². The molecule has 0 saturated heterocycles.